The molecule has 0 fully saturated rings. The Morgan fingerprint density at radius 1 is 1.21 bits per heavy atom. The highest BCUT2D eigenvalue weighted by atomic mass is 16.1. The van der Waals surface area contributed by atoms with E-state index >= 15 is 0 Å². The van der Waals surface area contributed by atoms with Gasteiger partial charge in [-0.25, -0.2) is 0 Å². The first-order valence-corrected chi connectivity index (χ1v) is 6.11. The summed E-state index contributed by atoms with van der Waals surface area (Å²) in [6, 6.07) is 9.96. The van der Waals surface area contributed by atoms with Gasteiger partial charge >= 0.3 is 0 Å². The van der Waals surface area contributed by atoms with Gasteiger partial charge in [0.2, 0.25) is 0 Å². The first kappa shape index (κ1) is 13.0. The maximum atomic E-state index is 11.9. The van der Waals surface area contributed by atoms with Crippen LogP contribution in [0.3, 0.4) is 0 Å². The SMILES string of the molecule is Cc1nn(C)cc1C(=O)/C=C/C=C\c1ccccc1. The molecule has 3 nitrogen and oxygen atoms in total. The number of hydrogen-bond acceptors (Lipinski definition) is 2. The third-order valence-corrected chi connectivity index (χ3v) is 2.73. The summed E-state index contributed by atoms with van der Waals surface area (Å²) in [6.07, 6.45) is 8.87. The quantitative estimate of drug-likeness (QED) is 0.476. The van der Waals surface area contributed by atoms with Crippen molar-refractivity contribution in [2.75, 3.05) is 0 Å². The molecule has 3 heteroatoms. The highest BCUT2D eigenvalue weighted by Crippen LogP contribution is 2.07. The Bertz CT molecular complexity index is 621. The average Bonchev–Trinajstić information content (AvgIpc) is 2.75. The van der Waals surface area contributed by atoms with Gasteiger partial charge in [-0.15, -0.1) is 0 Å². The van der Waals surface area contributed by atoms with Gasteiger partial charge in [0.1, 0.15) is 0 Å². The molecule has 2 aromatic rings. The largest absolute Gasteiger partial charge is 0.289 e. The standard InChI is InChI=1S/C16H16N2O/c1-13-15(12-18(2)17-13)16(19)11-7-6-10-14-8-4-3-5-9-14/h3-12H,1-2H3/b10-6-,11-7+. The van der Waals surface area contributed by atoms with Crippen molar-refractivity contribution in [3.63, 3.8) is 0 Å². The van der Waals surface area contributed by atoms with Crippen LogP contribution in [-0.2, 0) is 7.05 Å². The molecule has 0 aliphatic carbocycles. The molecule has 19 heavy (non-hydrogen) atoms. The molecule has 0 radical (unpaired) electrons. The van der Waals surface area contributed by atoms with Crippen molar-refractivity contribution in [2.24, 2.45) is 7.05 Å². The van der Waals surface area contributed by atoms with Crippen molar-refractivity contribution in [1.82, 2.24) is 9.78 Å². The highest BCUT2D eigenvalue weighted by molar-refractivity contribution is 6.05. The van der Waals surface area contributed by atoms with E-state index in [2.05, 4.69) is 5.10 Å². The van der Waals surface area contributed by atoms with Gasteiger partial charge in [-0.1, -0.05) is 48.6 Å². The number of ketones is 1. The Kier molecular flexibility index (Phi) is 4.08. The fraction of sp³-hybridized carbons (Fsp3) is 0.125. The van der Waals surface area contributed by atoms with Crippen molar-refractivity contribution < 1.29 is 4.79 Å². The van der Waals surface area contributed by atoms with E-state index in [1.165, 1.54) is 0 Å². The molecule has 0 aliphatic rings. The number of allylic oxidation sites excluding steroid dienone is 3. The molecular formula is C16H16N2O. The Labute approximate surface area is 112 Å². The van der Waals surface area contributed by atoms with Crippen molar-refractivity contribution >= 4 is 11.9 Å². The fourth-order valence-corrected chi connectivity index (χ4v) is 1.81. The van der Waals surface area contributed by atoms with Gasteiger partial charge < -0.3 is 0 Å². The first-order valence-electron chi connectivity index (χ1n) is 6.11. The first-order chi connectivity index (χ1) is 9.16. The van der Waals surface area contributed by atoms with Crippen LogP contribution in [0.15, 0.2) is 54.8 Å². The minimum atomic E-state index is -0.0247. The smallest absolute Gasteiger partial charge is 0.189 e. The second-order valence-corrected chi connectivity index (χ2v) is 4.30. The Hall–Kier alpha value is -2.42. The van der Waals surface area contributed by atoms with Crippen LogP contribution in [0.25, 0.3) is 6.08 Å². The number of aromatic nitrogens is 2. The highest BCUT2D eigenvalue weighted by Gasteiger charge is 2.08. The zero-order chi connectivity index (χ0) is 13.7. The summed E-state index contributed by atoms with van der Waals surface area (Å²) in [5, 5.41) is 4.15. The van der Waals surface area contributed by atoms with Gasteiger partial charge in [-0.2, -0.15) is 5.10 Å². The molecule has 0 N–H and O–H groups in total. The van der Waals surface area contributed by atoms with E-state index in [1.54, 1.807) is 23.0 Å². The molecule has 2 rings (SSSR count). The van der Waals surface area contributed by atoms with Gasteiger partial charge in [-0.05, 0) is 18.6 Å². The van der Waals surface area contributed by atoms with Crippen LogP contribution in [0, 0.1) is 6.92 Å². The van der Waals surface area contributed by atoms with E-state index in [1.807, 2.05) is 56.5 Å². The Balaban J connectivity index is 2.02. The van der Waals surface area contributed by atoms with E-state index in [0.29, 0.717) is 5.56 Å². The lowest BCUT2D eigenvalue weighted by Gasteiger charge is -1.90. The molecule has 0 unspecified atom stereocenters. The van der Waals surface area contributed by atoms with Crippen molar-refractivity contribution in [1.29, 1.82) is 0 Å². The molecule has 1 aromatic carbocycles. The fourth-order valence-electron chi connectivity index (χ4n) is 1.81. The molecule has 0 amide bonds. The summed E-state index contributed by atoms with van der Waals surface area (Å²) in [6.45, 7) is 1.83. The normalized spacial score (nSPS) is 11.5. The average molecular weight is 252 g/mol. The summed E-state index contributed by atoms with van der Waals surface area (Å²) in [4.78, 5) is 11.9. The summed E-state index contributed by atoms with van der Waals surface area (Å²) in [5.41, 5.74) is 2.51. The number of rotatable bonds is 4. The second kappa shape index (κ2) is 5.96. The maximum absolute atomic E-state index is 11.9. The van der Waals surface area contributed by atoms with Gasteiger partial charge in [0.05, 0.1) is 11.3 Å². The molecule has 1 heterocycles. The van der Waals surface area contributed by atoms with E-state index in [-0.39, 0.29) is 5.78 Å². The molecule has 0 aliphatic heterocycles. The summed E-state index contributed by atoms with van der Waals surface area (Å²) in [7, 11) is 1.81. The van der Waals surface area contributed by atoms with Crippen LogP contribution in [0.5, 0.6) is 0 Å². The molecule has 1 aromatic heterocycles. The predicted molar refractivity (Wildman–Crippen MR) is 76.9 cm³/mol. The van der Waals surface area contributed by atoms with Gasteiger partial charge in [0.15, 0.2) is 5.78 Å². The van der Waals surface area contributed by atoms with Crippen LogP contribution in [0.4, 0.5) is 0 Å². The van der Waals surface area contributed by atoms with Crippen LogP contribution < -0.4 is 0 Å². The molecule has 0 spiro atoms. The van der Waals surface area contributed by atoms with Crippen LogP contribution in [-0.4, -0.2) is 15.6 Å². The number of nitrogens with zero attached hydrogens (tertiary/aromatic N) is 2. The minimum absolute atomic E-state index is 0.0247. The third-order valence-electron chi connectivity index (χ3n) is 2.73. The van der Waals surface area contributed by atoms with E-state index in [4.69, 9.17) is 0 Å². The van der Waals surface area contributed by atoms with Crippen molar-refractivity contribution in [2.45, 2.75) is 6.92 Å². The van der Waals surface area contributed by atoms with Crippen LogP contribution in [0.2, 0.25) is 0 Å². The van der Waals surface area contributed by atoms with Crippen molar-refractivity contribution in [3.05, 3.63) is 71.6 Å². The third kappa shape index (κ3) is 3.52. The number of carbonyl (C=O) groups excluding carboxylic acids is 1. The lowest BCUT2D eigenvalue weighted by atomic mass is 10.1. The van der Waals surface area contributed by atoms with E-state index in [0.717, 1.165) is 11.3 Å². The minimum Gasteiger partial charge on any atom is -0.289 e. The van der Waals surface area contributed by atoms with Crippen LogP contribution in [0.1, 0.15) is 21.6 Å². The number of benzene rings is 1. The van der Waals surface area contributed by atoms with E-state index in [9.17, 15) is 4.79 Å². The lowest BCUT2D eigenvalue weighted by Crippen LogP contribution is -1.94. The maximum Gasteiger partial charge on any atom is 0.189 e. The molecular weight excluding hydrogens is 236 g/mol. The van der Waals surface area contributed by atoms with Gasteiger partial charge in [-0.3, -0.25) is 9.48 Å². The molecule has 96 valence electrons. The topological polar surface area (TPSA) is 34.9 Å². The zero-order valence-corrected chi connectivity index (χ0v) is 11.1. The number of carbonyl (C=O) groups is 1. The summed E-state index contributed by atoms with van der Waals surface area (Å²) in [5.74, 6) is -0.0247. The number of aryl methyl sites for hydroxylation is 2. The van der Waals surface area contributed by atoms with Gasteiger partial charge in [0, 0.05) is 13.2 Å². The molecule has 0 atom stereocenters. The van der Waals surface area contributed by atoms with Crippen LogP contribution >= 0.6 is 0 Å². The van der Waals surface area contributed by atoms with Crippen molar-refractivity contribution in [3.8, 4) is 0 Å². The summed E-state index contributed by atoms with van der Waals surface area (Å²) >= 11 is 0. The molecule has 0 bridgehead atoms. The zero-order valence-electron chi connectivity index (χ0n) is 11.1. The summed E-state index contributed by atoms with van der Waals surface area (Å²) < 4.78 is 1.65. The molecule has 0 saturated carbocycles. The number of hydrogen-bond donors (Lipinski definition) is 0. The predicted octanol–water partition coefficient (Wildman–Crippen LogP) is 3.18. The molecule has 0 saturated heterocycles. The Morgan fingerprint density at radius 2 is 1.95 bits per heavy atom. The monoisotopic (exact) mass is 252 g/mol. The van der Waals surface area contributed by atoms with E-state index < -0.39 is 0 Å². The Morgan fingerprint density at radius 3 is 2.58 bits per heavy atom. The van der Waals surface area contributed by atoms with Gasteiger partial charge in [0.25, 0.3) is 0 Å². The second-order valence-electron chi connectivity index (χ2n) is 4.30. The lowest BCUT2D eigenvalue weighted by molar-refractivity contribution is 0.104.